The summed E-state index contributed by atoms with van der Waals surface area (Å²) in [6.07, 6.45) is 10.3. The number of sulfonamides is 2. The number of aliphatic carboxylic acids is 1. The second-order valence-electron chi connectivity index (χ2n) is 20.2. The van der Waals surface area contributed by atoms with Crippen LogP contribution in [0.5, 0.6) is 5.75 Å². The van der Waals surface area contributed by atoms with Gasteiger partial charge < -0.3 is 35.8 Å². The Morgan fingerprint density at radius 3 is 1.14 bits per heavy atom. The van der Waals surface area contributed by atoms with Gasteiger partial charge in [-0.05, 0) is 111 Å². The molecule has 527 valence electrons. The summed E-state index contributed by atoms with van der Waals surface area (Å²) >= 11 is 0. The monoisotopic (exact) mass is 1680 g/mol. The van der Waals surface area contributed by atoms with Gasteiger partial charge in [0.2, 0.25) is 0 Å². The van der Waals surface area contributed by atoms with E-state index in [2.05, 4.69) is 64.6 Å². The molecule has 0 aliphatic rings. The van der Waals surface area contributed by atoms with Crippen LogP contribution in [0.25, 0.3) is 75.0 Å². The van der Waals surface area contributed by atoms with Crippen molar-refractivity contribution < 1.29 is 206 Å². The number of non-ortho nitro benzene ring substituents is 2. The number of carbonyl (C=O) groups is 2. The fourth-order valence-electron chi connectivity index (χ4n) is 9.04. The smallest absolute Gasteiger partial charge is 1.00 e. The molecule has 105 heavy (non-hydrogen) atoms. The van der Waals surface area contributed by atoms with E-state index < -0.39 is 35.9 Å². The molecule has 2 N–H and O–H groups in total. The van der Waals surface area contributed by atoms with Crippen LogP contribution < -0.4 is 113 Å². The van der Waals surface area contributed by atoms with Crippen molar-refractivity contribution in [2.45, 2.75) is 16.7 Å². The Morgan fingerprint density at radius 2 is 0.819 bits per heavy atom. The number of fused-ring (bicyclic) bond motifs is 6. The normalized spacial score (nSPS) is 9.78. The van der Waals surface area contributed by atoms with Crippen molar-refractivity contribution in [1.82, 2.24) is 19.9 Å². The van der Waals surface area contributed by atoms with Crippen LogP contribution in [0.4, 0.5) is 22.7 Å². The molecule has 0 fully saturated rings. The molecule has 14 aromatic rings. The number of carboxylic acids is 1. The van der Waals surface area contributed by atoms with E-state index in [9.17, 15) is 37.1 Å². The van der Waals surface area contributed by atoms with Crippen molar-refractivity contribution in [2.75, 3.05) is 0 Å². The van der Waals surface area contributed by atoms with Gasteiger partial charge in [-0.25, -0.2) is 16.8 Å². The van der Waals surface area contributed by atoms with E-state index in [0.717, 1.165) is 63.9 Å². The van der Waals surface area contributed by atoms with E-state index in [1.807, 2.05) is 182 Å². The molecule has 14 rings (SSSR count). The molecular formula is C75H59BK2N8O15Pd2S2-. The van der Waals surface area contributed by atoms with E-state index in [4.69, 9.17) is 29.6 Å². The Hall–Kier alpha value is -8.54. The summed E-state index contributed by atoms with van der Waals surface area (Å²) in [6.45, 7) is 0.903. The molecule has 0 saturated heterocycles. The summed E-state index contributed by atoms with van der Waals surface area (Å²) in [6, 6.07) is 85.1. The molecule has 4 aromatic heterocycles. The third-order valence-electron chi connectivity index (χ3n) is 13.5. The van der Waals surface area contributed by atoms with Crippen molar-refractivity contribution in [2.24, 2.45) is 0 Å². The number of nitro benzene ring substituents is 2. The van der Waals surface area contributed by atoms with Gasteiger partial charge in [0.1, 0.15) is 25.8 Å². The maximum absolute atomic E-state index is 12.7. The van der Waals surface area contributed by atoms with E-state index in [0.29, 0.717) is 35.2 Å². The van der Waals surface area contributed by atoms with E-state index in [1.54, 1.807) is 61.4 Å². The van der Waals surface area contributed by atoms with Crippen molar-refractivity contribution >= 4 is 106 Å². The van der Waals surface area contributed by atoms with Crippen molar-refractivity contribution in [3.63, 3.8) is 0 Å². The van der Waals surface area contributed by atoms with E-state index in [1.165, 1.54) is 35.4 Å². The fraction of sp³-hybridized carbons (Fsp3) is 0.0133. The Kier molecular flexibility index (Phi) is 41.9. The van der Waals surface area contributed by atoms with Gasteiger partial charge in [0, 0.05) is 99.6 Å². The quantitative estimate of drug-likeness (QED) is 0.0206. The third-order valence-corrected chi connectivity index (χ3v) is 16.1. The summed E-state index contributed by atoms with van der Waals surface area (Å²) in [5, 5.41) is 50.5. The number of nitro groups is 2. The molecular weight excluding hydrogens is 1620 g/mol. The molecule has 0 spiro atoms. The zero-order valence-electron chi connectivity index (χ0n) is 56.9. The zero-order valence-corrected chi connectivity index (χ0v) is 66.9. The average molecular weight is 1680 g/mol. The van der Waals surface area contributed by atoms with Crippen LogP contribution in [0.15, 0.2) is 326 Å². The van der Waals surface area contributed by atoms with Crippen LogP contribution in [0.2, 0.25) is 0 Å². The summed E-state index contributed by atoms with van der Waals surface area (Å²) in [5.41, 5.74) is 6.29. The first-order valence-corrected chi connectivity index (χ1v) is 32.7. The minimum atomic E-state index is -4.04. The molecule has 0 aliphatic carbocycles. The summed E-state index contributed by atoms with van der Waals surface area (Å²) in [5.74, 6) is -0.211. The Bertz CT molecular complexity index is 4860. The third kappa shape index (κ3) is 29.7. The van der Waals surface area contributed by atoms with Crippen LogP contribution in [0.3, 0.4) is 0 Å². The first-order valence-electron chi connectivity index (χ1n) is 29.8. The molecule has 30 heteroatoms. The van der Waals surface area contributed by atoms with Gasteiger partial charge >= 0.3 is 131 Å². The van der Waals surface area contributed by atoms with Crippen LogP contribution in [0.1, 0.15) is 8.35 Å². The molecule has 23 nitrogen and oxygen atoms in total. The zero-order chi connectivity index (χ0) is 72.2. The molecule has 0 aliphatic heterocycles. The van der Waals surface area contributed by atoms with Crippen LogP contribution in [-0.4, -0.2) is 76.9 Å². The number of rotatable bonds is 13. The van der Waals surface area contributed by atoms with E-state index >= 15 is 0 Å². The van der Waals surface area contributed by atoms with Gasteiger partial charge in [0.25, 0.3) is 23.8 Å². The molecule has 1 radical (unpaired) electrons. The first kappa shape index (κ1) is 90.7. The van der Waals surface area contributed by atoms with Gasteiger partial charge in [-0.2, -0.15) is 30.3 Å². The fourth-order valence-corrected chi connectivity index (χ4v) is 11.0. The predicted octanol–water partition coefficient (Wildman–Crippen LogP) is 9.60. The van der Waals surface area contributed by atoms with Gasteiger partial charge in [0.05, 0.1) is 30.7 Å². The number of carbonyl (C=O) groups excluding carboxylic acids is 1. The van der Waals surface area contributed by atoms with Crippen molar-refractivity contribution in [3.05, 3.63) is 352 Å². The topological polar surface area (TPSA) is 350 Å². The standard InChI is InChI=1S/2C19H12N3O4S.C12H10BO2.C12H9.2C5H5N.C2H4O2.CH2O3.2K.2Pd.H/c2*23-22(24)15-8-10-16(11-9-15)27(25,26)21-17-5-1-3-13-6-7-14-4-2-12-20-19(14)18(13)17;14-13-15-12-8-6-11(7-9-12)10-4-2-1-3-5-10;1-3-7-11(8-4-1)12-9-5-2-6-10-12;2*1-2-4-6-5-3-1;1-2(3)4;2-1-4-3;;;;;/h2*1-12H;1-9,14H;1,3-10H;2*1-5H;1H3,(H,3,4);1,3H;;;;;/q2*-1;;-1;;;;;2*+1;;+2;-1/p-1. The number of carboxylic acid groups (broad SMARTS) is 1. The molecule has 0 atom stereocenters. The summed E-state index contributed by atoms with van der Waals surface area (Å²) < 4.78 is 63.6. The van der Waals surface area contributed by atoms with Crippen molar-refractivity contribution in [1.29, 1.82) is 0 Å². The average Bonchev–Trinajstić information content (AvgIpc) is 0.775. The Labute approximate surface area is 719 Å². The molecule has 0 bridgehead atoms. The van der Waals surface area contributed by atoms with Gasteiger partial charge in [-0.15, -0.1) is 16.9 Å². The molecule has 4 heterocycles. The molecule has 10 aromatic carbocycles. The van der Waals surface area contributed by atoms with Crippen molar-refractivity contribution in [3.8, 4) is 28.0 Å². The second kappa shape index (κ2) is 48.5. The Morgan fingerprint density at radius 1 is 0.486 bits per heavy atom. The Balaban J connectivity index is 0.000000447. The number of nitrogens with zero attached hydrogens (tertiary/aromatic N) is 8. The molecule has 0 saturated carbocycles. The van der Waals surface area contributed by atoms with Gasteiger partial charge in [-0.3, -0.25) is 49.8 Å². The number of aromatic nitrogens is 4. The minimum Gasteiger partial charge on any atom is -1.00 e. The van der Waals surface area contributed by atoms with Crippen LogP contribution >= 0.6 is 0 Å². The number of hydrogen-bond donors (Lipinski definition) is 2. The number of benzene rings is 10. The van der Waals surface area contributed by atoms with Crippen LogP contribution in [0, 0.1) is 26.3 Å². The molecule has 0 amide bonds. The second-order valence-corrected chi connectivity index (χ2v) is 23.4. The van der Waals surface area contributed by atoms with Gasteiger partial charge in [0.15, 0.2) is 0 Å². The molecule has 0 unspecified atom stereocenters. The largest absolute Gasteiger partial charge is 2.00 e. The summed E-state index contributed by atoms with van der Waals surface area (Å²) in [7, 11) is -7.40. The summed E-state index contributed by atoms with van der Waals surface area (Å²) in [4.78, 5) is 56.7. The SMILES string of the molecule is CC(=O)O.O=CO[O-].O=[N+]([O-])c1ccc(S(=O)(=O)[N-]c2cccc3ccc4cccnc4c23)cc1.O=[N+]([O-])c1ccc(S(=O)(=O)[N-]c2cccc3ccc4cccnc4c23)cc1.O[B]Oc1ccc(-c2ccccc2)cc1.[H-].[K+].[K+].[Pd+2].[Pd].[c-]1ccc(-c2ccccc2)cc1.c1ccncc1.c1ccncc1. The van der Waals surface area contributed by atoms with E-state index in [-0.39, 0.29) is 184 Å². The minimum absolute atomic E-state index is 0. The predicted molar refractivity (Wildman–Crippen MR) is 386 cm³/mol. The first-order chi connectivity index (χ1) is 48.9. The number of pyridine rings is 4. The van der Waals surface area contributed by atoms with Gasteiger partial charge in [-0.1, -0.05) is 158 Å². The maximum Gasteiger partial charge on any atom is 2.00 e. The maximum atomic E-state index is 12.7. The van der Waals surface area contributed by atoms with Crippen LogP contribution in [-0.2, 0) is 75.4 Å². The number of hydrogen-bond acceptors (Lipinski definition) is 18.